The van der Waals surface area contributed by atoms with Crippen LogP contribution in [0.2, 0.25) is 0 Å². The van der Waals surface area contributed by atoms with E-state index in [0.29, 0.717) is 0 Å². The Bertz CT molecular complexity index is 456. The first-order chi connectivity index (χ1) is 10.2. The van der Waals surface area contributed by atoms with Crippen molar-refractivity contribution in [2.24, 2.45) is 0 Å². The van der Waals surface area contributed by atoms with Gasteiger partial charge in [0.1, 0.15) is 18.0 Å². The zero-order chi connectivity index (χ0) is 14.7. The standard InChI is InChI=1S/C18H27NO2/c1-14-7-5-8-15(13-14)21-17-10-6-9-16(18(17)20)19-11-3-2-4-12-19/h5,7-8,13,16-18,20H,2-4,6,9-12H2,1H3/t16-,17+,18+/m0/s1. The second-order valence-electron chi connectivity index (χ2n) is 6.56. The maximum atomic E-state index is 10.7. The number of hydrogen-bond donors (Lipinski definition) is 1. The highest BCUT2D eigenvalue weighted by Gasteiger charge is 2.37. The first-order valence-corrected chi connectivity index (χ1v) is 8.39. The van der Waals surface area contributed by atoms with Crippen LogP contribution in [0.1, 0.15) is 44.1 Å². The molecule has 0 bridgehead atoms. The number of benzene rings is 1. The Kier molecular flexibility index (Phi) is 4.81. The Morgan fingerprint density at radius 1 is 1.10 bits per heavy atom. The molecule has 0 spiro atoms. The highest BCUT2D eigenvalue weighted by molar-refractivity contribution is 5.27. The summed E-state index contributed by atoms with van der Waals surface area (Å²) < 4.78 is 6.09. The van der Waals surface area contributed by atoms with Crippen molar-refractivity contribution in [2.45, 2.75) is 63.7 Å². The highest BCUT2D eigenvalue weighted by Crippen LogP contribution is 2.29. The van der Waals surface area contributed by atoms with Gasteiger partial charge in [0.05, 0.1) is 0 Å². The molecule has 1 aliphatic heterocycles. The van der Waals surface area contributed by atoms with E-state index in [-0.39, 0.29) is 18.2 Å². The predicted molar refractivity (Wildman–Crippen MR) is 84.7 cm³/mol. The third kappa shape index (κ3) is 3.58. The van der Waals surface area contributed by atoms with Crippen LogP contribution in [-0.2, 0) is 0 Å². The quantitative estimate of drug-likeness (QED) is 0.928. The van der Waals surface area contributed by atoms with Crippen molar-refractivity contribution in [3.8, 4) is 5.75 Å². The number of piperidine rings is 1. The van der Waals surface area contributed by atoms with Gasteiger partial charge in [-0.3, -0.25) is 4.90 Å². The molecule has 3 nitrogen and oxygen atoms in total. The fourth-order valence-electron chi connectivity index (χ4n) is 3.76. The smallest absolute Gasteiger partial charge is 0.126 e. The number of hydrogen-bond acceptors (Lipinski definition) is 3. The van der Waals surface area contributed by atoms with Crippen molar-refractivity contribution in [1.29, 1.82) is 0 Å². The van der Waals surface area contributed by atoms with Crippen LogP contribution in [0, 0.1) is 6.92 Å². The van der Waals surface area contributed by atoms with Crippen molar-refractivity contribution in [2.75, 3.05) is 13.1 Å². The minimum absolute atomic E-state index is 0.0625. The molecule has 1 N–H and O–H groups in total. The van der Waals surface area contributed by atoms with E-state index >= 15 is 0 Å². The largest absolute Gasteiger partial charge is 0.488 e. The average Bonchev–Trinajstić information content (AvgIpc) is 2.50. The molecule has 1 aliphatic carbocycles. The molecule has 0 unspecified atom stereocenters. The van der Waals surface area contributed by atoms with E-state index in [1.54, 1.807) is 0 Å². The van der Waals surface area contributed by atoms with Gasteiger partial charge >= 0.3 is 0 Å². The predicted octanol–water partition coefficient (Wildman–Crippen LogP) is 3.14. The Morgan fingerprint density at radius 3 is 2.67 bits per heavy atom. The van der Waals surface area contributed by atoms with Crippen molar-refractivity contribution in [3.05, 3.63) is 29.8 Å². The van der Waals surface area contributed by atoms with Gasteiger partial charge in [-0.1, -0.05) is 18.6 Å². The first-order valence-electron chi connectivity index (χ1n) is 8.39. The van der Waals surface area contributed by atoms with Crippen LogP contribution < -0.4 is 4.74 Å². The molecule has 3 heteroatoms. The van der Waals surface area contributed by atoms with Gasteiger partial charge in [-0.15, -0.1) is 0 Å². The Hall–Kier alpha value is -1.06. The number of aryl methyl sites for hydroxylation is 1. The Balaban J connectivity index is 1.65. The van der Waals surface area contributed by atoms with Crippen LogP contribution in [-0.4, -0.2) is 41.3 Å². The second-order valence-corrected chi connectivity index (χ2v) is 6.56. The summed E-state index contributed by atoms with van der Waals surface area (Å²) in [5, 5.41) is 10.7. The Labute approximate surface area is 127 Å². The summed E-state index contributed by atoms with van der Waals surface area (Å²) in [4.78, 5) is 2.49. The van der Waals surface area contributed by atoms with Gasteiger partial charge in [0.15, 0.2) is 0 Å². The minimum atomic E-state index is -0.364. The van der Waals surface area contributed by atoms with Gasteiger partial charge in [0.25, 0.3) is 0 Å². The van der Waals surface area contributed by atoms with Crippen LogP contribution in [0.4, 0.5) is 0 Å². The lowest BCUT2D eigenvalue weighted by atomic mass is 9.87. The number of aliphatic hydroxyl groups is 1. The van der Waals surface area contributed by atoms with E-state index < -0.39 is 0 Å². The van der Waals surface area contributed by atoms with Gasteiger partial charge in [-0.2, -0.15) is 0 Å². The molecule has 0 radical (unpaired) electrons. The third-order valence-electron chi connectivity index (χ3n) is 4.90. The van der Waals surface area contributed by atoms with E-state index in [4.69, 9.17) is 4.74 Å². The second kappa shape index (κ2) is 6.80. The summed E-state index contributed by atoms with van der Waals surface area (Å²) in [6, 6.07) is 8.42. The van der Waals surface area contributed by atoms with E-state index in [1.165, 1.54) is 24.8 Å². The molecule has 2 aliphatic rings. The van der Waals surface area contributed by atoms with E-state index in [0.717, 1.165) is 38.1 Å². The molecule has 0 aromatic heterocycles. The summed E-state index contributed by atoms with van der Waals surface area (Å²) in [5.74, 6) is 0.887. The molecule has 21 heavy (non-hydrogen) atoms. The summed E-state index contributed by atoms with van der Waals surface area (Å²) in [6.45, 7) is 4.35. The van der Waals surface area contributed by atoms with E-state index in [9.17, 15) is 5.11 Å². The molecule has 1 aromatic rings. The molecular weight excluding hydrogens is 262 g/mol. The van der Waals surface area contributed by atoms with Crippen molar-refractivity contribution in [3.63, 3.8) is 0 Å². The van der Waals surface area contributed by atoms with Gasteiger partial charge in [-0.05, 0) is 69.8 Å². The zero-order valence-electron chi connectivity index (χ0n) is 13.0. The first kappa shape index (κ1) is 14.9. The molecule has 3 atom stereocenters. The van der Waals surface area contributed by atoms with Crippen molar-refractivity contribution < 1.29 is 9.84 Å². The number of likely N-dealkylation sites (tertiary alicyclic amines) is 1. The number of rotatable bonds is 3. The monoisotopic (exact) mass is 289 g/mol. The molecule has 1 saturated carbocycles. The zero-order valence-corrected chi connectivity index (χ0v) is 13.0. The molecule has 1 aromatic carbocycles. The van der Waals surface area contributed by atoms with Gasteiger partial charge in [0, 0.05) is 6.04 Å². The summed E-state index contributed by atoms with van der Waals surface area (Å²) >= 11 is 0. The van der Waals surface area contributed by atoms with Gasteiger partial charge in [0.2, 0.25) is 0 Å². The van der Waals surface area contributed by atoms with Crippen LogP contribution >= 0.6 is 0 Å². The molecule has 0 amide bonds. The van der Waals surface area contributed by atoms with Gasteiger partial charge in [-0.25, -0.2) is 0 Å². The van der Waals surface area contributed by atoms with Crippen LogP contribution in [0.5, 0.6) is 5.75 Å². The topological polar surface area (TPSA) is 32.7 Å². The number of ether oxygens (including phenoxy) is 1. The van der Waals surface area contributed by atoms with Crippen LogP contribution in [0.15, 0.2) is 24.3 Å². The molecular formula is C18H27NO2. The fraction of sp³-hybridized carbons (Fsp3) is 0.667. The van der Waals surface area contributed by atoms with E-state index in [1.807, 2.05) is 12.1 Å². The lowest BCUT2D eigenvalue weighted by molar-refractivity contribution is -0.0574. The molecule has 3 rings (SSSR count). The fourth-order valence-corrected chi connectivity index (χ4v) is 3.76. The van der Waals surface area contributed by atoms with Crippen LogP contribution in [0.25, 0.3) is 0 Å². The van der Waals surface area contributed by atoms with Gasteiger partial charge < -0.3 is 9.84 Å². The molecule has 1 heterocycles. The maximum Gasteiger partial charge on any atom is 0.126 e. The van der Waals surface area contributed by atoms with Crippen LogP contribution in [0.3, 0.4) is 0 Å². The molecule has 2 fully saturated rings. The molecule has 1 saturated heterocycles. The summed E-state index contributed by atoms with van der Waals surface area (Å²) in [7, 11) is 0. The minimum Gasteiger partial charge on any atom is -0.488 e. The summed E-state index contributed by atoms with van der Waals surface area (Å²) in [6.07, 6.45) is 6.66. The van der Waals surface area contributed by atoms with Crippen molar-refractivity contribution in [1.82, 2.24) is 4.90 Å². The molecule has 116 valence electrons. The lowest BCUT2D eigenvalue weighted by Crippen LogP contribution is -2.54. The number of nitrogens with zero attached hydrogens (tertiary/aromatic N) is 1. The summed E-state index contributed by atoms with van der Waals surface area (Å²) in [5.41, 5.74) is 1.20. The normalized spacial score (nSPS) is 31.0. The lowest BCUT2D eigenvalue weighted by Gasteiger charge is -2.42. The Morgan fingerprint density at radius 2 is 1.90 bits per heavy atom. The SMILES string of the molecule is Cc1cccc(O[C@@H]2CCC[C@H](N3CCCCC3)[C@H]2O)c1. The third-order valence-corrected chi connectivity index (χ3v) is 4.90. The van der Waals surface area contributed by atoms with Crippen molar-refractivity contribution >= 4 is 0 Å². The highest BCUT2D eigenvalue weighted by atomic mass is 16.5. The number of aliphatic hydroxyl groups excluding tert-OH is 1. The maximum absolute atomic E-state index is 10.7. The van der Waals surface area contributed by atoms with E-state index in [2.05, 4.69) is 24.0 Å². The average molecular weight is 289 g/mol.